The first-order chi connectivity index (χ1) is 8.61. The smallest absolute Gasteiger partial charge is 0.239 e. The summed E-state index contributed by atoms with van der Waals surface area (Å²) in [5, 5.41) is 2.94. The molecule has 0 bridgehead atoms. The molecule has 98 valence electrons. The quantitative estimate of drug-likeness (QED) is 0.494. The van der Waals surface area contributed by atoms with Crippen molar-refractivity contribution in [3.05, 3.63) is 11.9 Å². The van der Waals surface area contributed by atoms with Crippen molar-refractivity contribution >= 4 is 17.5 Å². The molecule has 7 heteroatoms. The van der Waals surface area contributed by atoms with E-state index in [1.165, 1.54) is 6.33 Å². The highest BCUT2D eigenvalue weighted by molar-refractivity contribution is 5.81. The third-order valence-electron chi connectivity index (χ3n) is 2.88. The van der Waals surface area contributed by atoms with E-state index in [2.05, 4.69) is 20.7 Å². The van der Waals surface area contributed by atoms with Gasteiger partial charge in [0.05, 0.1) is 6.54 Å². The summed E-state index contributed by atoms with van der Waals surface area (Å²) in [5.74, 6) is 6.63. The average molecular weight is 250 g/mol. The fraction of sp³-hybridized carbons (Fsp3) is 0.545. The number of nitrogens with two attached hydrogens (primary N) is 1. The van der Waals surface area contributed by atoms with Gasteiger partial charge in [-0.3, -0.25) is 4.79 Å². The van der Waals surface area contributed by atoms with E-state index >= 15 is 0 Å². The van der Waals surface area contributed by atoms with Crippen molar-refractivity contribution in [3.63, 3.8) is 0 Å². The summed E-state index contributed by atoms with van der Waals surface area (Å²) < 4.78 is 0. The predicted octanol–water partition coefficient (Wildman–Crippen LogP) is -0.215. The number of carbonyl (C=O) groups is 1. The van der Waals surface area contributed by atoms with E-state index in [0.717, 1.165) is 18.4 Å². The van der Waals surface area contributed by atoms with Crippen molar-refractivity contribution in [1.82, 2.24) is 15.3 Å². The zero-order valence-electron chi connectivity index (χ0n) is 10.6. The minimum Gasteiger partial charge on any atom is -0.352 e. The molecule has 4 N–H and O–H groups in total. The first-order valence-electron chi connectivity index (χ1n) is 5.90. The van der Waals surface area contributed by atoms with Gasteiger partial charge in [-0.15, -0.1) is 0 Å². The molecule has 1 heterocycles. The summed E-state index contributed by atoms with van der Waals surface area (Å²) in [7, 11) is 1.82. The van der Waals surface area contributed by atoms with E-state index in [1.54, 1.807) is 4.90 Å². The Hall–Kier alpha value is -1.89. The fourth-order valence-corrected chi connectivity index (χ4v) is 1.76. The number of amides is 1. The molecule has 0 aromatic carbocycles. The van der Waals surface area contributed by atoms with Gasteiger partial charge in [-0.2, -0.15) is 0 Å². The normalized spacial score (nSPS) is 14.2. The molecule has 0 atom stereocenters. The lowest BCUT2D eigenvalue weighted by atomic mass is 10.3. The lowest BCUT2D eigenvalue weighted by molar-refractivity contribution is -0.119. The number of aromatic nitrogens is 2. The van der Waals surface area contributed by atoms with Crippen molar-refractivity contribution in [3.8, 4) is 0 Å². The van der Waals surface area contributed by atoms with Crippen LogP contribution in [0.4, 0.5) is 11.6 Å². The number of nitrogens with one attached hydrogen (secondary N) is 2. The minimum atomic E-state index is 0.0141. The van der Waals surface area contributed by atoms with Crippen molar-refractivity contribution in [2.75, 3.05) is 23.9 Å². The van der Waals surface area contributed by atoms with Gasteiger partial charge < -0.3 is 15.6 Å². The summed E-state index contributed by atoms with van der Waals surface area (Å²) in [6.07, 6.45) is 3.60. The molecule has 1 amide bonds. The maximum absolute atomic E-state index is 11.7. The van der Waals surface area contributed by atoms with Crippen LogP contribution in [0.25, 0.3) is 0 Å². The molecule has 0 saturated heterocycles. The second-order valence-electron chi connectivity index (χ2n) is 4.51. The number of likely N-dealkylation sites (N-methyl/N-ethyl adjacent to an activating group) is 1. The van der Waals surface area contributed by atoms with Crippen molar-refractivity contribution in [2.24, 2.45) is 5.84 Å². The molecule has 1 aromatic heterocycles. The van der Waals surface area contributed by atoms with Crippen LogP contribution in [0.2, 0.25) is 0 Å². The molecule has 0 spiro atoms. The standard InChI is InChI=1S/C11H18N6O/c1-7-10(16-12)13-6-14-11(7)17(2)5-9(18)15-8-3-4-8/h6,8H,3-5,12H2,1-2H3,(H,15,18)(H,13,14,16). The summed E-state index contributed by atoms with van der Waals surface area (Å²) in [5.41, 5.74) is 3.33. The third-order valence-corrected chi connectivity index (χ3v) is 2.88. The molecule has 18 heavy (non-hydrogen) atoms. The van der Waals surface area contributed by atoms with Crippen LogP contribution < -0.4 is 21.5 Å². The zero-order chi connectivity index (χ0) is 13.1. The molecule has 1 aliphatic carbocycles. The lowest BCUT2D eigenvalue weighted by Crippen LogP contribution is -2.37. The van der Waals surface area contributed by atoms with Gasteiger partial charge in [-0.1, -0.05) is 0 Å². The largest absolute Gasteiger partial charge is 0.352 e. The second kappa shape index (κ2) is 5.18. The van der Waals surface area contributed by atoms with Crippen LogP contribution in [-0.2, 0) is 4.79 Å². The maximum Gasteiger partial charge on any atom is 0.239 e. The molecule has 1 aromatic rings. The predicted molar refractivity (Wildman–Crippen MR) is 69.0 cm³/mol. The van der Waals surface area contributed by atoms with Crippen LogP contribution in [-0.4, -0.2) is 35.5 Å². The van der Waals surface area contributed by atoms with E-state index in [1.807, 2.05) is 14.0 Å². The molecule has 1 saturated carbocycles. The Morgan fingerprint density at radius 2 is 2.28 bits per heavy atom. The highest BCUT2D eigenvalue weighted by Gasteiger charge is 2.24. The Morgan fingerprint density at radius 3 is 2.89 bits per heavy atom. The van der Waals surface area contributed by atoms with Crippen LogP contribution in [0.1, 0.15) is 18.4 Å². The minimum absolute atomic E-state index is 0.0141. The Labute approximate surface area is 106 Å². The Morgan fingerprint density at radius 1 is 1.56 bits per heavy atom. The summed E-state index contributed by atoms with van der Waals surface area (Å²) >= 11 is 0. The zero-order valence-corrected chi connectivity index (χ0v) is 10.6. The van der Waals surface area contributed by atoms with Crippen LogP contribution in [0.3, 0.4) is 0 Å². The van der Waals surface area contributed by atoms with Gasteiger partial charge in [-0.25, -0.2) is 15.8 Å². The number of carbonyl (C=O) groups excluding carboxylic acids is 1. The van der Waals surface area contributed by atoms with Gasteiger partial charge in [-0.05, 0) is 19.8 Å². The average Bonchev–Trinajstić information content (AvgIpc) is 3.12. The van der Waals surface area contributed by atoms with Gasteiger partial charge in [0.2, 0.25) is 5.91 Å². The first-order valence-corrected chi connectivity index (χ1v) is 5.90. The van der Waals surface area contributed by atoms with Crippen molar-refractivity contribution in [2.45, 2.75) is 25.8 Å². The molecule has 7 nitrogen and oxygen atoms in total. The van der Waals surface area contributed by atoms with Gasteiger partial charge in [0.25, 0.3) is 0 Å². The first kappa shape index (κ1) is 12.6. The van der Waals surface area contributed by atoms with E-state index in [0.29, 0.717) is 17.7 Å². The van der Waals surface area contributed by atoms with E-state index in [-0.39, 0.29) is 12.5 Å². The van der Waals surface area contributed by atoms with Crippen molar-refractivity contribution in [1.29, 1.82) is 0 Å². The SMILES string of the molecule is Cc1c(NN)ncnc1N(C)CC(=O)NC1CC1. The Kier molecular flexibility index (Phi) is 3.61. The topological polar surface area (TPSA) is 96.2 Å². The number of nitrogen functional groups attached to an aromatic ring is 1. The molecule has 2 rings (SSSR count). The lowest BCUT2D eigenvalue weighted by Gasteiger charge is -2.20. The summed E-state index contributed by atoms with van der Waals surface area (Å²) in [4.78, 5) is 21.7. The van der Waals surface area contributed by atoms with Gasteiger partial charge in [0.1, 0.15) is 18.0 Å². The number of rotatable bonds is 5. The molecular formula is C11H18N6O. The molecule has 1 fully saturated rings. The van der Waals surface area contributed by atoms with Gasteiger partial charge in [0, 0.05) is 18.7 Å². The summed E-state index contributed by atoms with van der Waals surface area (Å²) in [6.45, 7) is 2.14. The molecule has 1 aliphatic rings. The van der Waals surface area contributed by atoms with Gasteiger partial charge >= 0.3 is 0 Å². The third kappa shape index (κ3) is 2.86. The number of hydrogen-bond donors (Lipinski definition) is 3. The Balaban J connectivity index is 2.03. The molecule has 0 aliphatic heterocycles. The fourth-order valence-electron chi connectivity index (χ4n) is 1.76. The second-order valence-corrected chi connectivity index (χ2v) is 4.51. The van der Waals surface area contributed by atoms with E-state index in [9.17, 15) is 4.79 Å². The highest BCUT2D eigenvalue weighted by Crippen LogP contribution is 2.21. The van der Waals surface area contributed by atoms with Crippen LogP contribution in [0.5, 0.6) is 0 Å². The highest BCUT2D eigenvalue weighted by atomic mass is 16.2. The van der Waals surface area contributed by atoms with Crippen LogP contribution >= 0.6 is 0 Å². The number of hydrogen-bond acceptors (Lipinski definition) is 6. The van der Waals surface area contributed by atoms with Gasteiger partial charge in [0.15, 0.2) is 0 Å². The molecule has 0 unspecified atom stereocenters. The number of anilines is 2. The monoisotopic (exact) mass is 250 g/mol. The Bertz CT molecular complexity index is 445. The number of hydrazine groups is 1. The molecule has 0 radical (unpaired) electrons. The van der Waals surface area contributed by atoms with E-state index < -0.39 is 0 Å². The van der Waals surface area contributed by atoms with Crippen LogP contribution in [0, 0.1) is 6.92 Å². The number of nitrogens with zero attached hydrogens (tertiary/aromatic N) is 3. The summed E-state index contributed by atoms with van der Waals surface area (Å²) in [6, 6.07) is 0.374. The van der Waals surface area contributed by atoms with Crippen LogP contribution in [0.15, 0.2) is 6.33 Å². The van der Waals surface area contributed by atoms with E-state index in [4.69, 9.17) is 5.84 Å². The maximum atomic E-state index is 11.7. The van der Waals surface area contributed by atoms with Crippen molar-refractivity contribution < 1.29 is 4.79 Å². The molecular weight excluding hydrogens is 232 g/mol.